The lowest BCUT2D eigenvalue weighted by Crippen LogP contribution is -2.32. The summed E-state index contributed by atoms with van der Waals surface area (Å²) in [6.07, 6.45) is 2.81. The first kappa shape index (κ1) is 16.9. The predicted molar refractivity (Wildman–Crippen MR) is 79.7 cm³/mol. The van der Waals surface area contributed by atoms with Gasteiger partial charge in [0.05, 0.1) is 0 Å². The quantitative estimate of drug-likeness (QED) is 0.863. The third kappa shape index (κ3) is 6.21. The van der Waals surface area contributed by atoms with Crippen LogP contribution in [-0.4, -0.2) is 24.0 Å². The number of hydrogen-bond acceptors (Lipinski definition) is 3. The van der Waals surface area contributed by atoms with Crippen molar-refractivity contribution in [3.63, 3.8) is 0 Å². The SMILES string of the molecule is CC(=O)c1cc(F)ccc1C=CCNC(=O)OC(C)(C)C. The summed E-state index contributed by atoms with van der Waals surface area (Å²) in [7, 11) is 0. The average Bonchev–Trinajstić information content (AvgIpc) is 2.33. The lowest BCUT2D eigenvalue weighted by Gasteiger charge is -2.19. The summed E-state index contributed by atoms with van der Waals surface area (Å²) in [6.45, 7) is 6.97. The predicted octanol–water partition coefficient (Wildman–Crippen LogP) is 3.57. The first-order valence-electron chi connectivity index (χ1n) is 6.63. The lowest BCUT2D eigenvalue weighted by molar-refractivity contribution is 0.0534. The zero-order chi connectivity index (χ0) is 16.0. The summed E-state index contributed by atoms with van der Waals surface area (Å²) in [5.74, 6) is -0.668. The van der Waals surface area contributed by atoms with E-state index < -0.39 is 17.5 Å². The van der Waals surface area contributed by atoms with E-state index in [0.29, 0.717) is 11.1 Å². The minimum Gasteiger partial charge on any atom is -0.444 e. The molecule has 0 spiro atoms. The summed E-state index contributed by atoms with van der Waals surface area (Å²) in [6, 6.07) is 4.01. The fourth-order valence-electron chi connectivity index (χ4n) is 1.62. The molecule has 1 aromatic carbocycles. The highest BCUT2D eigenvalue weighted by Gasteiger charge is 2.15. The van der Waals surface area contributed by atoms with Gasteiger partial charge in [-0.05, 0) is 45.4 Å². The van der Waals surface area contributed by atoms with E-state index >= 15 is 0 Å². The van der Waals surface area contributed by atoms with Crippen LogP contribution < -0.4 is 5.32 Å². The Kier molecular flexibility index (Phi) is 5.64. The Morgan fingerprint density at radius 2 is 2.00 bits per heavy atom. The normalized spacial score (nSPS) is 11.5. The molecule has 0 heterocycles. The minimum absolute atomic E-state index is 0.214. The van der Waals surface area contributed by atoms with E-state index in [1.165, 1.54) is 25.1 Å². The molecule has 0 aliphatic heterocycles. The number of nitrogens with one attached hydrogen (secondary N) is 1. The fourth-order valence-corrected chi connectivity index (χ4v) is 1.62. The smallest absolute Gasteiger partial charge is 0.407 e. The number of ketones is 1. The molecule has 0 unspecified atom stereocenters. The van der Waals surface area contributed by atoms with Crippen LogP contribution in [0.15, 0.2) is 24.3 Å². The maximum Gasteiger partial charge on any atom is 0.407 e. The summed E-state index contributed by atoms with van der Waals surface area (Å²) in [5, 5.41) is 2.56. The van der Waals surface area contributed by atoms with Crippen LogP contribution in [0.2, 0.25) is 0 Å². The summed E-state index contributed by atoms with van der Waals surface area (Å²) in [5.41, 5.74) is 0.366. The maximum absolute atomic E-state index is 13.1. The van der Waals surface area contributed by atoms with Gasteiger partial charge in [-0.3, -0.25) is 4.79 Å². The molecular formula is C16H20FNO3. The van der Waals surface area contributed by atoms with Crippen LogP contribution in [-0.2, 0) is 4.74 Å². The first-order valence-corrected chi connectivity index (χ1v) is 6.63. The first-order chi connectivity index (χ1) is 9.69. The van der Waals surface area contributed by atoms with E-state index in [1.807, 2.05) is 0 Å². The number of alkyl carbamates (subject to hydrolysis) is 1. The Bertz CT molecular complexity index is 559. The van der Waals surface area contributed by atoms with Crippen molar-refractivity contribution in [1.82, 2.24) is 5.32 Å². The molecule has 0 fully saturated rings. The van der Waals surface area contributed by atoms with Crippen LogP contribution in [0.3, 0.4) is 0 Å². The zero-order valence-corrected chi connectivity index (χ0v) is 12.7. The summed E-state index contributed by atoms with van der Waals surface area (Å²) >= 11 is 0. The molecule has 0 atom stereocenters. The van der Waals surface area contributed by atoms with Gasteiger partial charge < -0.3 is 10.1 Å². The largest absolute Gasteiger partial charge is 0.444 e. The van der Waals surface area contributed by atoms with Gasteiger partial charge in [-0.15, -0.1) is 0 Å². The molecule has 1 N–H and O–H groups in total. The molecule has 21 heavy (non-hydrogen) atoms. The van der Waals surface area contributed by atoms with Gasteiger partial charge in [0.25, 0.3) is 0 Å². The Morgan fingerprint density at radius 1 is 1.33 bits per heavy atom. The number of amides is 1. The number of benzene rings is 1. The fraction of sp³-hybridized carbons (Fsp3) is 0.375. The van der Waals surface area contributed by atoms with E-state index in [0.717, 1.165) is 0 Å². The second-order valence-electron chi connectivity index (χ2n) is 5.57. The molecular weight excluding hydrogens is 273 g/mol. The van der Waals surface area contributed by atoms with Crippen LogP contribution in [0.1, 0.15) is 43.6 Å². The van der Waals surface area contributed by atoms with Crippen molar-refractivity contribution < 1.29 is 18.7 Å². The second-order valence-corrected chi connectivity index (χ2v) is 5.57. The molecule has 1 rings (SSSR count). The van der Waals surface area contributed by atoms with E-state index in [2.05, 4.69) is 5.32 Å². The van der Waals surface area contributed by atoms with Gasteiger partial charge >= 0.3 is 6.09 Å². The topological polar surface area (TPSA) is 55.4 Å². The lowest BCUT2D eigenvalue weighted by atomic mass is 10.0. The van der Waals surface area contributed by atoms with E-state index in [4.69, 9.17) is 4.74 Å². The van der Waals surface area contributed by atoms with Crippen molar-refractivity contribution >= 4 is 18.0 Å². The molecule has 0 saturated carbocycles. The Hall–Kier alpha value is -2.17. The number of ether oxygens (including phenoxy) is 1. The number of hydrogen-bond donors (Lipinski definition) is 1. The molecule has 5 heteroatoms. The highest BCUT2D eigenvalue weighted by Crippen LogP contribution is 2.14. The highest BCUT2D eigenvalue weighted by molar-refractivity contribution is 5.97. The van der Waals surface area contributed by atoms with E-state index in [1.54, 1.807) is 32.9 Å². The Morgan fingerprint density at radius 3 is 2.57 bits per heavy atom. The van der Waals surface area contributed by atoms with E-state index in [9.17, 15) is 14.0 Å². The van der Waals surface area contributed by atoms with Crippen molar-refractivity contribution in [2.75, 3.05) is 6.54 Å². The molecule has 0 saturated heterocycles. The number of rotatable bonds is 4. The molecule has 0 aliphatic rings. The third-order valence-electron chi connectivity index (χ3n) is 2.46. The Balaban J connectivity index is 2.62. The molecule has 0 radical (unpaired) electrons. The van der Waals surface area contributed by atoms with Crippen molar-refractivity contribution in [1.29, 1.82) is 0 Å². The molecule has 4 nitrogen and oxygen atoms in total. The van der Waals surface area contributed by atoms with E-state index in [-0.39, 0.29) is 12.3 Å². The van der Waals surface area contributed by atoms with Gasteiger partial charge in [-0.1, -0.05) is 18.2 Å². The van der Waals surface area contributed by atoms with Gasteiger partial charge in [-0.25, -0.2) is 9.18 Å². The summed E-state index contributed by atoms with van der Waals surface area (Å²) < 4.78 is 18.2. The second kappa shape index (κ2) is 7.02. The molecule has 0 aliphatic carbocycles. The van der Waals surface area contributed by atoms with Crippen LogP contribution in [0, 0.1) is 5.82 Å². The van der Waals surface area contributed by atoms with Gasteiger partial charge in [0.1, 0.15) is 11.4 Å². The molecule has 0 bridgehead atoms. The zero-order valence-electron chi connectivity index (χ0n) is 12.7. The molecule has 0 aromatic heterocycles. The van der Waals surface area contributed by atoms with Crippen molar-refractivity contribution in [3.8, 4) is 0 Å². The van der Waals surface area contributed by atoms with Crippen molar-refractivity contribution in [3.05, 3.63) is 41.2 Å². The number of halogens is 1. The number of carbonyl (C=O) groups excluding carboxylic acids is 2. The number of carbonyl (C=O) groups is 2. The van der Waals surface area contributed by atoms with Gasteiger partial charge in [-0.2, -0.15) is 0 Å². The summed E-state index contributed by atoms with van der Waals surface area (Å²) in [4.78, 5) is 22.8. The highest BCUT2D eigenvalue weighted by atomic mass is 19.1. The molecule has 1 amide bonds. The van der Waals surface area contributed by atoms with Crippen molar-refractivity contribution in [2.24, 2.45) is 0 Å². The average molecular weight is 293 g/mol. The van der Waals surface area contributed by atoms with Gasteiger partial charge in [0.2, 0.25) is 0 Å². The molecule has 1 aromatic rings. The van der Waals surface area contributed by atoms with Gasteiger partial charge in [0.15, 0.2) is 5.78 Å². The van der Waals surface area contributed by atoms with Crippen LogP contribution in [0.5, 0.6) is 0 Å². The third-order valence-corrected chi connectivity index (χ3v) is 2.46. The van der Waals surface area contributed by atoms with Crippen LogP contribution in [0.4, 0.5) is 9.18 Å². The van der Waals surface area contributed by atoms with Gasteiger partial charge in [0, 0.05) is 12.1 Å². The minimum atomic E-state index is -0.549. The Labute approximate surface area is 124 Å². The van der Waals surface area contributed by atoms with Crippen LogP contribution >= 0.6 is 0 Å². The van der Waals surface area contributed by atoms with Crippen LogP contribution in [0.25, 0.3) is 6.08 Å². The maximum atomic E-state index is 13.1. The molecule has 114 valence electrons. The standard InChI is InChI=1S/C16H20FNO3/c1-11(19)14-10-13(17)8-7-12(14)6-5-9-18-15(20)21-16(2,3)4/h5-8,10H,9H2,1-4H3,(H,18,20). The van der Waals surface area contributed by atoms with Crippen molar-refractivity contribution in [2.45, 2.75) is 33.3 Å². The number of Topliss-reactive ketones (excluding diaryl/α,β-unsaturated/α-hetero) is 1. The monoisotopic (exact) mass is 293 g/mol.